The smallest absolute Gasteiger partial charge is 0.194 e. The number of furan rings is 1. The number of guanidine groups is 1. The van der Waals surface area contributed by atoms with Gasteiger partial charge in [0.1, 0.15) is 5.76 Å². The van der Waals surface area contributed by atoms with E-state index in [-0.39, 0.29) is 24.0 Å². The molecule has 2 fully saturated rings. The highest BCUT2D eigenvalue weighted by Gasteiger charge is 2.24. The predicted octanol–water partition coefficient (Wildman–Crippen LogP) is 2.69. The van der Waals surface area contributed by atoms with E-state index in [0.29, 0.717) is 25.4 Å². The third-order valence-electron chi connectivity index (χ3n) is 5.07. The zero-order chi connectivity index (χ0) is 18.7. The van der Waals surface area contributed by atoms with Crippen molar-refractivity contribution >= 4 is 29.9 Å². The second-order valence-electron chi connectivity index (χ2n) is 7.11. The molecule has 1 N–H and O–H groups in total. The fraction of sp³-hybridized carbons (Fsp3) is 0.750. The molecule has 0 bridgehead atoms. The van der Waals surface area contributed by atoms with Crippen LogP contribution in [0.5, 0.6) is 0 Å². The summed E-state index contributed by atoms with van der Waals surface area (Å²) in [6, 6.07) is 3.92. The van der Waals surface area contributed by atoms with E-state index in [9.17, 15) is 0 Å². The molecule has 1 atom stereocenters. The van der Waals surface area contributed by atoms with Crippen LogP contribution in [0.2, 0.25) is 0 Å². The molecule has 28 heavy (non-hydrogen) atoms. The highest BCUT2D eigenvalue weighted by atomic mass is 127. The van der Waals surface area contributed by atoms with Gasteiger partial charge in [-0.25, -0.2) is 0 Å². The second-order valence-corrected chi connectivity index (χ2v) is 7.11. The van der Waals surface area contributed by atoms with Crippen LogP contribution >= 0.6 is 24.0 Å². The lowest BCUT2D eigenvalue weighted by Gasteiger charge is -2.34. The van der Waals surface area contributed by atoms with Crippen LogP contribution < -0.4 is 5.32 Å². The lowest BCUT2D eigenvalue weighted by Crippen LogP contribution is -2.47. The largest absolute Gasteiger partial charge is 0.469 e. The van der Waals surface area contributed by atoms with Gasteiger partial charge in [0.15, 0.2) is 5.96 Å². The summed E-state index contributed by atoms with van der Waals surface area (Å²) in [6.07, 6.45) is 7.53. The van der Waals surface area contributed by atoms with Crippen molar-refractivity contribution in [2.24, 2.45) is 4.99 Å². The Labute approximate surface area is 185 Å². The summed E-state index contributed by atoms with van der Waals surface area (Å²) in [7, 11) is 1.70. The van der Waals surface area contributed by atoms with Crippen LogP contribution in [0.1, 0.15) is 31.4 Å². The fourth-order valence-corrected chi connectivity index (χ4v) is 3.52. The van der Waals surface area contributed by atoms with Crippen molar-refractivity contribution < 1.29 is 18.6 Å². The Balaban J connectivity index is 0.00000280. The van der Waals surface area contributed by atoms with Gasteiger partial charge in [0, 0.05) is 39.8 Å². The van der Waals surface area contributed by atoms with Gasteiger partial charge in [-0.05, 0) is 37.8 Å². The molecular formula is C20H34IN3O4. The Morgan fingerprint density at radius 2 is 2.18 bits per heavy atom. The summed E-state index contributed by atoms with van der Waals surface area (Å²) in [5.41, 5.74) is 0. The lowest BCUT2D eigenvalue weighted by molar-refractivity contribution is -0.0367. The minimum absolute atomic E-state index is 0. The number of halogens is 1. The number of hydrogen-bond acceptors (Lipinski definition) is 5. The third-order valence-corrected chi connectivity index (χ3v) is 5.07. The summed E-state index contributed by atoms with van der Waals surface area (Å²) in [4.78, 5) is 7.03. The van der Waals surface area contributed by atoms with E-state index in [0.717, 1.165) is 76.7 Å². The number of ether oxygens (including phenoxy) is 3. The van der Waals surface area contributed by atoms with Crippen LogP contribution in [0, 0.1) is 0 Å². The molecule has 2 saturated heterocycles. The molecule has 3 heterocycles. The number of piperidine rings is 1. The molecule has 160 valence electrons. The monoisotopic (exact) mass is 507 g/mol. The highest BCUT2D eigenvalue weighted by Crippen LogP contribution is 2.18. The van der Waals surface area contributed by atoms with Gasteiger partial charge in [-0.2, -0.15) is 0 Å². The van der Waals surface area contributed by atoms with Crippen LogP contribution in [0.25, 0.3) is 0 Å². The summed E-state index contributed by atoms with van der Waals surface area (Å²) < 4.78 is 22.3. The lowest BCUT2D eigenvalue weighted by atomic mass is 10.1. The zero-order valence-electron chi connectivity index (χ0n) is 16.8. The Kier molecular flexibility index (Phi) is 11.2. The number of rotatable bonds is 9. The van der Waals surface area contributed by atoms with Crippen molar-refractivity contribution in [1.82, 2.24) is 10.2 Å². The predicted molar refractivity (Wildman–Crippen MR) is 120 cm³/mol. The molecule has 3 rings (SSSR count). The quantitative estimate of drug-likeness (QED) is 0.240. The molecular weight excluding hydrogens is 473 g/mol. The molecule has 0 saturated carbocycles. The maximum absolute atomic E-state index is 6.08. The molecule has 0 radical (unpaired) electrons. The molecule has 0 aromatic carbocycles. The second kappa shape index (κ2) is 13.4. The minimum atomic E-state index is 0. The molecule has 0 spiro atoms. The molecule has 2 aliphatic rings. The van der Waals surface area contributed by atoms with Gasteiger partial charge in [0.25, 0.3) is 0 Å². The van der Waals surface area contributed by atoms with Gasteiger partial charge >= 0.3 is 0 Å². The van der Waals surface area contributed by atoms with Crippen LogP contribution in [0.3, 0.4) is 0 Å². The van der Waals surface area contributed by atoms with E-state index in [1.165, 1.54) is 0 Å². The fourth-order valence-electron chi connectivity index (χ4n) is 3.52. The number of methoxy groups -OCH3 is 1. The van der Waals surface area contributed by atoms with Gasteiger partial charge in [0.05, 0.1) is 38.2 Å². The summed E-state index contributed by atoms with van der Waals surface area (Å²) in [5.74, 6) is 1.94. The maximum atomic E-state index is 6.08. The molecule has 0 amide bonds. The van der Waals surface area contributed by atoms with Crippen molar-refractivity contribution in [3.63, 3.8) is 0 Å². The molecule has 2 aliphatic heterocycles. The average molecular weight is 507 g/mol. The first-order chi connectivity index (χ1) is 13.3. The van der Waals surface area contributed by atoms with E-state index in [1.807, 2.05) is 12.1 Å². The van der Waals surface area contributed by atoms with Crippen molar-refractivity contribution in [2.75, 3.05) is 53.1 Å². The van der Waals surface area contributed by atoms with Crippen LogP contribution in [0.4, 0.5) is 0 Å². The van der Waals surface area contributed by atoms with Crippen LogP contribution in [-0.2, 0) is 20.6 Å². The number of aliphatic imine (C=N–C) groups is 1. The van der Waals surface area contributed by atoms with Gasteiger partial charge in [-0.3, -0.25) is 4.99 Å². The first-order valence-corrected chi connectivity index (χ1v) is 10.1. The van der Waals surface area contributed by atoms with Crippen LogP contribution in [0.15, 0.2) is 27.8 Å². The van der Waals surface area contributed by atoms with Gasteiger partial charge in [-0.1, -0.05) is 0 Å². The van der Waals surface area contributed by atoms with Crippen LogP contribution in [-0.4, -0.2) is 76.2 Å². The molecule has 7 nitrogen and oxygen atoms in total. The van der Waals surface area contributed by atoms with E-state index < -0.39 is 0 Å². The molecule has 0 aliphatic carbocycles. The van der Waals surface area contributed by atoms with E-state index in [2.05, 4.69) is 10.2 Å². The Hall–Kier alpha value is -0.840. The summed E-state index contributed by atoms with van der Waals surface area (Å²) >= 11 is 0. The first-order valence-electron chi connectivity index (χ1n) is 10.1. The van der Waals surface area contributed by atoms with E-state index >= 15 is 0 Å². The number of hydrogen-bond donors (Lipinski definition) is 1. The zero-order valence-corrected chi connectivity index (χ0v) is 19.1. The molecule has 1 aromatic rings. The Morgan fingerprint density at radius 3 is 2.86 bits per heavy atom. The van der Waals surface area contributed by atoms with Crippen molar-refractivity contribution in [3.05, 3.63) is 24.2 Å². The maximum Gasteiger partial charge on any atom is 0.194 e. The normalized spacial score (nSPS) is 21.0. The van der Waals surface area contributed by atoms with Gasteiger partial charge in [0.2, 0.25) is 0 Å². The highest BCUT2D eigenvalue weighted by molar-refractivity contribution is 14.0. The topological polar surface area (TPSA) is 68.5 Å². The van der Waals surface area contributed by atoms with Crippen molar-refractivity contribution in [2.45, 2.75) is 44.3 Å². The summed E-state index contributed by atoms with van der Waals surface area (Å²) in [5, 5.41) is 3.48. The molecule has 1 aromatic heterocycles. The van der Waals surface area contributed by atoms with E-state index in [4.69, 9.17) is 23.6 Å². The Morgan fingerprint density at radius 1 is 1.32 bits per heavy atom. The number of nitrogens with zero attached hydrogens (tertiary/aromatic N) is 2. The third kappa shape index (κ3) is 7.88. The number of nitrogens with one attached hydrogen (secondary N) is 1. The van der Waals surface area contributed by atoms with E-state index in [1.54, 1.807) is 13.4 Å². The minimum Gasteiger partial charge on any atom is -0.469 e. The van der Waals surface area contributed by atoms with Crippen molar-refractivity contribution in [3.8, 4) is 0 Å². The molecule has 8 heteroatoms. The van der Waals surface area contributed by atoms with Gasteiger partial charge < -0.3 is 28.8 Å². The summed E-state index contributed by atoms with van der Waals surface area (Å²) in [6.45, 7) is 5.62. The van der Waals surface area contributed by atoms with Crippen molar-refractivity contribution in [1.29, 1.82) is 0 Å². The SMILES string of the molecule is COCCN=C(NCCc1ccco1)N1CCC(OCC2CCCO2)CC1.I. The van der Waals surface area contributed by atoms with Gasteiger partial charge in [-0.15, -0.1) is 24.0 Å². The first kappa shape index (κ1) is 23.4. The standard InChI is InChI=1S/C20H33N3O4.HI/c1-24-15-10-22-20(21-9-6-17-4-2-13-25-17)23-11-7-18(8-12-23)27-16-19-5-3-14-26-19;/h2,4,13,18-19H,3,5-12,14-16H2,1H3,(H,21,22);1H. The number of likely N-dealkylation sites (tertiary alicyclic amines) is 1. The average Bonchev–Trinajstić information content (AvgIpc) is 3.40. The molecule has 1 unspecified atom stereocenters. The Bertz CT molecular complexity index is 542.